The number of piperazine rings is 1. The van der Waals surface area contributed by atoms with Crippen molar-refractivity contribution in [3.05, 3.63) is 46.6 Å². The average molecular weight is 516 g/mol. The van der Waals surface area contributed by atoms with E-state index in [1.54, 1.807) is 7.11 Å². The summed E-state index contributed by atoms with van der Waals surface area (Å²) in [6.45, 7) is 7.96. The Morgan fingerprint density at radius 3 is 2.58 bits per heavy atom. The monoisotopic (exact) mass is 515 g/mol. The molecule has 8 nitrogen and oxygen atoms in total. The van der Waals surface area contributed by atoms with E-state index < -0.39 is 0 Å². The third-order valence-corrected chi connectivity index (χ3v) is 8.09. The SMILES string of the molecule is COCCC(=O)N1CCN(c2nc(C3CC3)c(-c3cccc(C(=O)N4CCCC4)c3)c(C)c2C#N)CC1C. The lowest BCUT2D eigenvalue weighted by Gasteiger charge is -2.41. The molecule has 1 saturated carbocycles. The summed E-state index contributed by atoms with van der Waals surface area (Å²) in [5.74, 6) is 1.26. The highest BCUT2D eigenvalue weighted by Crippen LogP contribution is 2.46. The third-order valence-electron chi connectivity index (χ3n) is 8.09. The lowest BCUT2D eigenvalue weighted by Crippen LogP contribution is -2.54. The summed E-state index contributed by atoms with van der Waals surface area (Å²) in [5.41, 5.74) is 5.14. The number of pyridine rings is 1. The van der Waals surface area contributed by atoms with Crippen LogP contribution in [-0.2, 0) is 9.53 Å². The maximum absolute atomic E-state index is 13.1. The highest BCUT2D eigenvalue weighted by atomic mass is 16.5. The van der Waals surface area contributed by atoms with E-state index >= 15 is 0 Å². The molecule has 1 aromatic carbocycles. The minimum Gasteiger partial charge on any atom is -0.384 e. The number of nitrogens with zero attached hydrogens (tertiary/aromatic N) is 5. The zero-order valence-corrected chi connectivity index (χ0v) is 22.7. The molecule has 3 aliphatic rings. The molecule has 0 spiro atoms. The molecule has 1 aromatic heterocycles. The van der Waals surface area contributed by atoms with Crippen LogP contribution in [0.3, 0.4) is 0 Å². The Bertz CT molecular complexity index is 1260. The minimum absolute atomic E-state index is 0.0130. The number of rotatable bonds is 7. The summed E-state index contributed by atoms with van der Waals surface area (Å²) in [5, 5.41) is 10.3. The molecule has 0 radical (unpaired) electrons. The molecular formula is C30H37N5O3. The van der Waals surface area contributed by atoms with E-state index in [-0.39, 0.29) is 17.9 Å². The minimum atomic E-state index is 0.0130. The van der Waals surface area contributed by atoms with Gasteiger partial charge < -0.3 is 19.4 Å². The van der Waals surface area contributed by atoms with E-state index in [1.165, 1.54) is 0 Å². The zero-order valence-electron chi connectivity index (χ0n) is 22.7. The molecule has 1 atom stereocenters. The molecule has 0 bridgehead atoms. The van der Waals surface area contributed by atoms with Crippen LogP contribution in [0.2, 0.25) is 0 Å². The number of amides is 2. The Morgan fingerprint density at radius 1 is 1.16 bits per heavy atom. The van der Waals surface area contributed by atoms with Crippen LogP contribution in [0.1, 0.15) is 72.1 Å². The Hall–Kier alpha value is -3.44. The van der Waals surface area contributed by atoms with Gasteiger partial charge in [0.2, 0.25) is 5.91 Å². The van der Waals surface area contributed by atoms with Gasteiger partial charge in [0.15, 0.2) is 0 Å². The number of aromatic nitrogens is 1. The Labute approximate surface area is 225 Å². The van der Waals surface area contributed by atoms with Gasteiger partial charge in [-0.05, 0) is 62.8 Å². The smallest absolute Gasteiger partial charge is 0.253 e. The molecule has 8 heteroatoms. The number of carbonyl (C=O) groups is 2. The number of hydrogen-bond donors (Lipinski definition) is 0. The number of benzene rings is 1. The van der Waals surface area contributed by atoms with Gasteiger partial charge in [0.05, 0.1) is 24.3 Å². The fourth-order valence-corrected chi connectivity index (χ4v) is 5.85. The predicted molar refractivity (Wildman–Crippen MR) is 146 cm³/mol. The molecule has 2 aliphatic heterocycles. The van der Waals surface area contributed by atoms with Gasteiger partial charge in [0, 0.05) is 62.9 Å². The molecule has 3 fully saturated rings. The molecule has 38 heavy (non-hydrogen) atoms. The van der Waals surface area contributed by atoms with Gasteiger partial charge in [-0.2, -0.15) is 5.26 Å². The first kappa shape index (κ1) is 26.2. The number of likely N-dealkylation sites (tertiary alicyclic amines) is 1. The normalized spacial score (nSPS) is 19.5. The third kappa shape index (κ3) is 5.12. The average Bonchev–Trinajstić information content (AvgIpc) is 3.63. The van der Waals surface area contributed by atoms with Crippen molar-refractivity contribution in [2.24, 2.45) is 0 Å². The number of hydrogen-bond acceptors (Lipinski definition) is 6. The first-order valence-corrected chi connectivity index (χ1v) is 13.8. The molecule has 3 heterocycles. The molecule has 200 valence electrons. The van der Waals surface area contributed by atoms with Crippen molar-refractivity contribution >= 4 is 17.6 Å². The van der Waals surface area contributed by atoms with E-state index in [9.17, 15) is 14.9 Å². The summed E-state index contributed by atoms with van der Waals surface area (Å²) in [6.07, 6.45) is 4.65. The van der Waals surface area contributed by atoms with Crippen LogP contribution < -0.4 is 4.90 Å². The Morgan fingerprint density at radius 2 is 1.92 bits per heavy atom. The van der Waals surface area contributed by atoms with Crippen molar-refractivity contribution in [3.8, 4) is 17.2 Å². The molecule has 5 rings (SSSR count). The first-order valence-electron chi connectivity index (χ1n) is 13.8. The largest absolute Gasteiger partial charge is 0.384 e. The van der Waals surface area contributed by atoms with Gasteiger partial charge in [0.25, 0.3) is 5.91 Å². The van der Waals surface area contributed by atoms with Gasteiger partial charge in [-0.15, -0.1) is 0 Å². The van der Waals surface area contributed by atoms with Crippen LogP contribution in [0.15, 0.2) is 24.3 Å². The molecule has 1 aliphatic carbocycles. The summed E-state index contributed by atoms with van der Waals surface area (Å²) < 4.78 is 5.08. The van der Waals surface area contributed by atoms with E-state index in [2.05, 4.69) is 17.9 Å². The molecule has 1 unspecified atom stereocenters. The van der Waals surface area contributed by atoms with Crippen molar-refractivity contribution in [2.75, 3.05) is 51.3 Å². The van der Waals surface area contributed by atoms with Gasteiger partial charge in [-0.25, -0.2) is 4.98 Å². The maximum atomic E-state index is 13.1. The molecule has 2 amide bonds. The van der Waals surface area contributed by atoms with Crippen LogP contribution in [0.5, 0.6) is 0 Å². The highest BCUT2D eigenvalue weighted by Gasteiger charge is 2.34. The molecule has 0 N–H and O–H groups in total. The summed E-state index contributed by atoms with van der Waals surface area (Å²) in [7, 11) is 1.61. The Kier molecular flexibility index (Phi) is 7.66. The maximum Gasteiger partial charge on any atom is 0.253 e. The van der Waals surface area contributed by atoms with Crippen LogP contribution >= 0.6 is 0 Å². The summed E-state index contributed by atoms with van der Waals surface area (Å²) in [6, 6.07) is 10.3. The number of methoxy groups -OCH3 is 1. The second-order valence-corrected chi connectivity index (χ2v) is 10.8. The topological polar surface area (TPSA) is 89.8 Å². The van der Waals surface area contributed by atoms with E-state index in [1.807, 2.05) is 41.0 Å². The van der Waals surface area contributed by atoms with Gasteiger partial charge >= 0.3 is 0 Å². The zero-order chi connectivity index (χ0) is 26.8. The fraction of sp³-hybridized carbons (Fsp3) is 0.533. The number of anilines is 1. The molecular weight excluding hydrogens is 478 g/mol. The van der Waals surface area contributed by atoms with Crippen molar-refractivity contribution < 1.29 is 14.3 Å². The summed E-state index contributed by atoms with van der Waals surface area (Å²) in [4.78, 5) is 36.9. The first-order chi connectivity index (χ1) is 18.4. The number of ether oxygens (including phenoxy) is 1. The predicted octanol–water partition coefficient (Wildman–Crippen LogP) is 4.12. The van der Waals surface area contributed by atoms with Crippen LogP contribution in [0.4, 0.5) is 5.82 Å². The summed E-state index contributed by atoms with van der Waals surface area (Å²) >= 11 is 0. The standard InChI is InChI=1S/C30H37N5O3/c1-20-19-34(14-15-35(20)26(36)11-16-38-3)29-25(18-31)21(2)27(28(32-29)22-9-10-22)23-7-6-8-24(17-23)30(37)33-12-4-5-13-33/h6-8,17,20,22H,4-5,9-16,19H2,1-3H3. The number of nitriles is 1. The Balaban J connectivity index is 1.48. The van der Waals surface area contributed by atoms with Gasteiger partial charge in [-0.3, -0.25) is 9.59 Å². The quantitative estimate of drug-likeness (QED) is 0.551. The van der Waals surface area contributed by atoms with Gasteiger partial charge in [-0.1, -0.05) is 12.1 Å². The fourth-order valence-electron chi connectivity index (χ4n) is 5.85. The van der Waals surface area contributed by atoms with Crippen molar-refractivity contribution in [3.63, 3.8) is 0 Å². The second-order valence-electron chi connectivity index (χ2n) is 10.8. The van der Waals surface area contributed by atoms with E-state index in [0.29, 0.717) is 49.7 Å². The van der Waals surface area contributed by atoms with E-state index in [0.717, 1.165) is 67.0 Å². The van der Waals surface area contributed by atoms with Crippen LogP contribution in [0, 0.1) is 18.3 Å². The van der Waals surface area contributed by atoms with Crippen molar-refractivity contribution in [1.82, 2.24) is 14.8 Å². The number of carbonyl (C=O) groups excluding carboxylic acids is 2. The van der Waals surface area contributed by atoms with E-state index in [4.69, 9.17) is 9.72 Å². The van der Waals surface area contributed by atoms with Crippen LogP contribution in [0.25, 0.3) is 11.1 Å². The van der Waals surface area contributed by atoms with Gasteiger partial charge in [0.1, 0.15) is 11.9 Å². The highest BCUT2D eigenvalue weighted by molar-refractivity contribution is 5.96. The molecule has 2 saturated heterocycles. The van der Waals surface area contributed by atoms with Crippen molar-refractivity contribution in [1.29, 1.82) is 5.26 Å². The lowest BCUT2D eigenvalue weighted by molar-refractivity contribution is -0.134. The second kappa shape index (κ2) is 11.1. The van der Waals surface area contributed by atoms with Crippen LogP contribution in [-0.4, -0.2) is 79.1 Å². The van der Waals surface area contributed by atoms with Crippen molar-refractivity contribution in [2.45, 2.75) is 57.9 Å². The lowest BCUT2D eigenvalue weighted by atomic mass is 9.92. The molecule has 2 aromatic rings.